The smallest absolute Gasteiger partial charge is 0.156 e. The summed E-state index contributed by atoms with van der Waals surface area (Å²) in [5, 5.41) is 0. The predicted octanol–water partition coefficient (Wildman–Crippen LogP) is 9.63. The molecule has 0 amide bonds. The second-order valence-electron chi connectivity index (χ2n) is 10.1. The molecule has 6 aromatic rings. The van der Waals surface area contributed by atoms with Crippen LogP contribution >= 0.6 is 0 Å². The zero-order valence-electron chi connectivity index (χ0n) is 21.3. The van der Waals surface area contributed by atoms with Crippen molar-refractivity contribution in [2.45, 2.75) is 5.41 Å². The first-order chi connectivity index (χ1) is 19.4. The molecule has 1 aliphatic heterocycles. The van der Waals surface area contributed by atoms with Gasteiger partial charge in [-0.3, -0.25) is 0 Å². The Kier molecular flexibility index (Phi) is 4.77. The Hall–Kier alpha value is -5.08. The van der Waals surface area contributed by atoms with E-state index >= 15 is 0 Å². The summed E-state index contributed by atoms with van der Waals surface area (Å²) in [5.41, 5.74) is 10.2. The van der Waals surface area contributed by atoms with Gasteiger partial charge in [0.1, 0.15) is 5.75 Å². The molecule has 1 aliphatic carbocycles. The van der Waals surface area contributed by atoms with Crippen molar-refractivity contribution in [1.29, 1.82) is 0 Å². The molecule has 0 saturated heterocycles. The van der Waals surface area contributed by atoms with Gasteiger partial charge in [0.15, 0.2) is 5.75 Å². The molecule has 2 aliphatic rings. The molecule has 1 spiro atoms. The maximum atomic E-state index is 6.91. The molecule has 6 aromatic carbocycles. The van der Waals surface area contributed by atoms with Gasteiger partial charge in [-0.1, -0.05) is 115 Å². The van der Waals surface area contributed by atoms with Gasteiger partial charge in [0, 0.05) is 22.5 Å². The molecule has 2 heteroatoms. The summed E-state index contributed by atoms with van der Waals surface area (Å²) in [4.78, 5) is 2.30. The fourth-order valence-corrected chi connectivity index (χ4v) is 6.62. The first-order valence-corrected chi connectivity index (χ1v) is 13.4. The van der Waals surface area contributed by atoms with Gasteiger partial charge in [-0.05, 0) is 58.7 Å². The zero-order chi connectivity index (χ0) is 25.8. The molecule has 2 nitrogen and oxygen atoms in total. The average Bonchev–Trinajstić information content (AvgIpc) is 3.30. The first-order valence-electron chi connectivity index (χ1n) is 13.4. The summed E-state index contributed by atoms with van der Waals surface area (Å²) >= 11 is 0. The maximum Gasteiger partial charge on any atom is 0.156 e. The number of ether oxygens (including phenoxy) is 1. The summed E-state index contributed by atoms with van der Waals surface area (Å²) in [7, 11) is 0. The molecule has 0 N–H and O–H groups in total. The van der Waals surface area contributed by atoms with Crippen LogP contribution in [0.5, 0.6) is 11.5 Å². The molecule has 0 saturated carbocycles. The van der Waals surface area contributed by atoms with Crippen molar-refractivity contribution in [3.63, 3.8) is 0 Å². The molecule has 0 fully saturated rings. The fourth-order valence-electron chi connectivity index (χ4n) is 6.62. The van der Waals surface area contributed by atoms with Gasteiger partial charge in [-0.25, -0.2) is 0 Å². The van der Waals surface area contributed by atoms with Crippen molar-refractivity contribution in [3.05, 3.63) is 174 Å². The molecule has 8 rings (SSSR count). The third-order valence-electron chi connectivity index (χ3n) is 8.12. The van der Waals surface area contributed by atoms with Crippen LogP contribution in [0.2, 0.25) is 0 Å². The van der Waals surface area contributed by atoms with Crippen LogP contribution in [0.15, 0.2) is 152 Å². The molecule has 0 radical (unpaired) electrons. The van der Waals surface area contributed by atoms with Gasteiger partial charge < -0.3 is 9.64 Å². The van der Waals surface area contributed by atoms with E-state index in [4.69, 9.17) is 4.74 Å². The number of benzene rings is 6. The molecule has 0 bridgehead atoms. The number of fused-ring (bicyclic) bond motifs is 9. The van der Waals surface area contributed by atoms with Crippen LogP contribution in [0.25, 0.3) is 11.1 Å². The summed E-state index contributed by atoms with van der Waals surface area (Å²) in [5.74, 6) is 1.78. The van der Waals surface area contributed by atoms with Gasteiger partial charge in [0.05, 0.1) is 11.1 Å². The Bertz CT molecular complexity index is 1760. The largest absolute Gasteiger partial charge is 0.454 e. The summed E-state index contributed by atoms with van der Waals surface area (Å²) in [6, 6.07) is 53.9. The van der Waals surface area contributed by atoms with Gasteiger partial charge in [0.25, 0.3) is 0 Å². The Morgan fingerprint density at radius 2 is 0.897 bits per heavy atom. The minimum absolute atomic E-state index is 0.480. The Labute approximate surface area is 228 Å². The van der Waals surface area contributed by atoms with Crippen molar-refractivity contribution in [1.82, 2.24) is 0 Å². The second-order valence-corrected chi connectivity index (χ2v) is 10.1. The monoisotopic (exact) mass is 499 g/mol. The first kappa shape index (κ1) is 22.0. The predicted molar refractivity (Wildman–Crippen MR) is 159 cm³/mol. The zero-order valence-corrected chi connectivity index (χ0v) is 21.3. The van der Waals surface area contributed by atoms with Crippen LogP contribution in [0.3, 0.4) is 0 Å². The summed E-state index contributed by atoms with van der Waals surface area (Å²) in [6.07, 6.45) is 0. The SMILES string of the molecule is c1ccc(N(c2ccccc2)c2cccc3c2Oc2ccccc2C32c3ccccc3-c3ccccc32)cc1. The quantitative estimate of drug-likeness (QED) is 0.240. The van der Waals surface area contributed by atoms with E-state index in [0.717, 1.165) is 34.1 Å². The lowest BCUT2D eigenvalue weighted by atomic mass is 9.66. The van der Waals surface area contributed by atoms with Crippen LogP contribution in [-0.4, -0.2) is 0 Å². The van der Waals surface area contributed by atoms with E-state index < -0.39 is 5.41 Å². The molecular weight excluding hydrogens is 474 g/mol. The molecule has 39 heavy (non-hydrogen) atoms. The number of hydrogen-bond donors (Lipinski definition) is 0. The molecule has 0 aromatic heterocycles. The number of para-hydroxylation sites is 4. The highest BCUT2D eigenvalue weighted by Crippen LogP contribution is 2.63. The Morgan fingerprint density at radius 3 is 1.51 bits per heavy atom. The van der Waals surface area contributed by atoms with Crippen LogP contribution in [0.4, 0.5) is 17.1 Å². The second kappa shape index (κ2) is 8.47. The van der Waals surface area contributed by atoms with E-state index in [9.17, 15) is 0 Å². The minimum Gasteiger partial charge on any atom is -0.454 e. The normalized spacial score (nSPS) is 13.5. The summed E-state index contributed by atoms with van der Waals surface area (Å²) < 4.78 is 6.91. The highest BCUT2D eigenvalue weighted by Gasteiger charge is 2.51. The van der Waals surface area contributed by atoms with Crippen LogP contribution in [-0.2, 0) is 5.41 Å². The number of nitrogens with zero attached hydrogens (tertiary/aromatic N) is 1. The van der Waals surface area contributed by atoms with Gasteiger partial charge in [-0.2, -0.15) is 0 Å². The third-order valence-corrected chi connectivity index (χ3v) is 8.12. The van der Waals surface area contributed by atoms with Crippen LogP contribution in [0.1, 0.15) is 22.3 Å². The average molecular weight is 500 g/mol. The lowest BCUT2D eigenvalue weighted by molar-refractivity contribution is 0.437. The van der Waals surface area contributed by atoms with Gasteiger partial charge >= 0.3 is 0 Å². The number of rotatable bonds is 3. The van der Waals surface area contributed by atoms with Crippen molar-refractivity contribution in [2.75, 3.05) is 4.90 Å². The van der Waals surface area contributed by atoms with E-state index in [-0.39, 0.29) is 0 Å². The molecular formula is C37H25NO. The standard InChI is InChI=1S/C37H25NO/c1-3-14-26(15-4-1)38(27-16-5-2-6-17-27)34-24-13-23-33-36(34)39-35-25-12-11-22-32(35)37(33)30-20-9-7-18-28(30)29-19-8-10-21-31(29)37/h1-25H. The van der Waals surface area contributed by atoms with E-state index in [1.165, 1.54) is 27.8 Å². The fraction of sp³-hybridized carbons (Fsp3) is 0.0270. The lowest BCUT2D eigenvalue weighted by Gasteiger charge is -2.41. The highest BCUT2D eigenvalue weighted by molar-refractivity contribution is 5.91. The lowest BCUT2D eigenvalue weighted by Crippen LogP contribution is -2.32. The molecule has 1 heterocycles. The third kappa shape index (κ3) is 3.03. The highest BCUT2D eigenvalue weighted by atomic mass is 16.5. The topological polar surface area (TPSA) is 12.5 Å². The van der Waals surface area contributed by atoms with Crippen molar-refractivity contribution in [3.8, 4) is 22.6 Å². The van der Waals surface area contributed by atoms with E-state index in [2.05, 4.69) is 157 Å². The van der Waals surface area contributed by atoms with Crippen molar-refractivity contribution in [2.24, 2.45) is 0 Å². The molecule has 0 atom stereocenters. The number of hydrogen-bond acceptors (Lipinski definition) is 2. The van der Waals surface area contributed by atoms with Gasteiger partial charge in [-0.15, -0.1) is 0 Å². The van der Waals surface area contributed by atoms with E-state index in [0.29, 0.717) is 0 Å². The van der Waals surface area contributed by atoms with Crippen LogP contribution < -0.4 is 9.64 Å². The Balaban J connectivity index is 1.49. The van der Waals surface area contributed by atoms with E-state index in [1.54, 1.807) is 0 Å². The summed E-state index contributed by atoms with van der Waals surface area (Å²) in [6.45, 7) is 0. The Morgan fingerprint density at radius 1 is 0.410 bits per heavy atom. The van der Waals surface area contributed by atoms with Crippen LogP contribution in [0, 0.1) is 0 Å². The van der Waals surface area contributed by atoms with E-state index in [1.807, 2.05) is 0 Å². The molecule has 184 valence electrons. The van der Waals surface area contributed by atoms with Crippen molar-refractivity contribution >= 4 is 17.1 Å². The minimum atomic E-state index is -0.480. The maximum absolute atomic E-state index is 6.91. The van der Waals surface area contributed by atoms with Gasteiger partial charge in [0.2, 0.25) is 0 Å². The number of anilines is 3. The molecule has 0 unspecified atom stereocenters. The van der Waals surface area contributed by atoms with Crippen molar-refractivity contribution < 1.29 is 4.74 Å².